The van der Waals surface area contributed by atoms with E-state index in [-0.39, 0.29) is 17.5 Å². The van der Waals surface area contributed by atoms with E-state index in [9.17, 15) is 12.8 Å². The second-order valence-corrected chi connectivity index (χ2v) is 9.59. The highest BCUT2D eigenvalue weighted by atomic mass is 32.2. The molecule has 1 aliphatic rings. The molecule has 10 nitrogen and oxygen atoms in total. The van der Waals surface area contributed by atoms with Gasteiger partial charge in [-0.2, -0.15) is 5.10 Å². The minimum atomic E-state index is -4.20. The van der Waals surface area contributed by atoms with Gasteiger partial charge in [-0.1, -0.05) is 0 Å². The van der Waals surface area contributed by atoms with Crippen molar-refractivity contribution in [3.63, 3.8) is 0 Å². The highest BCUT2D eigenvalue weighted by molar-refractivity contribution is 7.92. The maximum atomic E-state index is 14.2. The summed E-state index contributed by atoms with van der Waals surface area (Å²) in [7, 11) is -2.84. The summed E-state index contributed by atoms with van der Waals surface area (Å²) in [4.78, 5) is 3.85. The zero-order valence-corrected chi connectivity index (χ0v) is 19.4. The molecule has 2 aromatic heterocycles. The summed E-state index contributed by atoms with van der Waals surface area (Å²) in [6.45, 7) is 1.12. The van der Waals surface area contributed by atoms with Gasteiger partial charge in [0.25, 0.3) is 10.0 Å². The number of anilines is 2. The number of hydrogen-bond donors (Lipinski definition) is 3. The Morgan fingerprint density at radius 2 is 2.09 bits per heavy atom. The Morgan fingerprint density at radius 3 is 2.80 bits per heavy atom. The smallest absolute Gasteiger partial charge is 0.265 e. The minimum Gasteiger partial charge on any atom is -0.497 e. The number of fused-ring (bicyclic) bond motifs is 1. The molecule has 0 amide bonds. The van der Waals surface area contributed by atoms with Gasteiger partial charge in [-0.05, 0) is 36.4 Å². The number of hydrogen-bond acceptors (Lipinski definition) is 8. The van der Waals surface area contributed by atoms with Crippen molar-refractivity contribution in [2.24, 2.45) is 0 Å². The molecule has 182 valence electrons. The van der Waals surface area contributed by atoms with Crippen LogP contribution in [0.15, 0.2) is 53.6 Å². The van der Waals surface area contributed by atoms with Crippen LogP contribution in [0.3, 0.4) is 0 Å². The lowest BCUT2D eigenvalue weighted by Crippen LogP contribution is -2.16. The van der Waals surface area contributed by atoms with Crippen molar-refractivity contribution < 1.29 is 27.0 Å². The van der Waals surface area contributed by atoms with Crippen molar-refractivity contribution in [3.8, 4) is 22.8 Å². The first-order valence-electron chi connectivity index (χ1n) is 10.7. The summed E-state index contributed by atoms with van der Waals surface area (Å²) in [6.07, 6.45) is 2.02. The molecule has 3 heterocycles. The van der Waals surface area contributed by atoms with E-state index < -0.39 is 20.7 Å². The topological polar surface area (TPSA) is 141 Å². The van der Waals surface area contributed by atoms with E-state index in [1.807, 2.05) is 12.1 Å². The van der Waals surface area contributed by atoms with Gasteiger partial charge in [0.1, 0.15) is 28.3 Å². The fourth-order valence-corrected chi connectivity index (χ4v) is 4.96. The number of nitrogens with one attached hydrogen (secondary N) is 2. The SMILES string of the molecule is COc1ccc(F)c(S(=O)(=O)Nc2ccc(-c3cc(O[C@@H]4CCOC4)c4c(N)n[nH]c4c3)nc2)c1. The Bertz CT molecular complexity index is 1480. The van der Waals surface area contributed by atoms with Crippen LogP contribution in [0, 0.1) is 5.82 Å². The van der Waals surface area contributed by atoms with Crippen LogP contribution in [-0.4, -0.2) is 50.0 Å². The third-order valence-corrected chi connectivity index (χ3v) is 6.97. The minimum absolute atomic E-state index is 0.0931. The summed E-state index contributed by atoms with van der Waals surface area (Å²) in [5.41, 5.74) is 8.14. The van der Waals surface area contributed by atoms with E-state index in [0.29, 0.717) is 46.9 Å². The number of ether oxygens (including phenoxy) is 3. The fraction of sp³-hybridized carbons (Fsp3) is 0.217. The maximum Gasteiger partial charge on any atom is 0.265 e. The quantitative estimate of drug-likeness (QED) is 0.352. The first-order chi connectivity index (χ1) is 16.8. The first-order valence-corrected chi connectivity index (χ1v) is 12.2. The molecule has 0 unspecified atom stereocenters. The highest BCUT2D eigenvalue weighted by Crippen LogP contribution is 2.35. The number of H-pyrrole nitrogens is 1. The molecule has 1 atom stereocenters. The molecule has 1 saturated heterocycles. The lowest BCUT2D eigenvalue weighted by molar-refractivity contribution is 0.142. The summed E-state index contributed by atoms with van der Waals surface area (Å²) < 4.78 is 58.5. The molecule has 0 aliphatic carbocycles. The normalized spacial score (nSPS) is 15.9. The van der Waals surface area contributed by atoms with E-state index in [1.54, 1.807) is 6.07 Å². The number of nitrogen functional groups attached to an aromatic ring is 1. The number of methoxy groups -OCH3 is 1. The van der Waals surface area contributed by atoms with Crippen LogP contribution in [-0.2, 0) is 14.8 Å². The van der Waals surface area contributed by atoms with Crippen LogP contribution in [0.25, 0.3) is 22.2 Å². The van der Waals surface area contributed by atoms with Gasteiger partial charge in [0.15, 0.2) is 5.82 Å². The number of benzene rings is 2. The molecule has 0 bridgehead atoms. The van der Waals surface area contributed by atoms with Crippen LogP contribution in [0.4, 0.5) is 15.9 Å². The van der Waals surface area contributed by atoms with Crippen LogP contribution < -0.4 is 19.9 Å². The lowest BCUT2D eigenvalue weighted by Gasteiger charge is -2.14. The van der Waals surface area contributed by atoms with Crippen molar-refractivity contribution in [2.45, 2.75) is 17.4 Å². The Morgan fingerprint density at radius 1 is 1.23 bits per heavy atom. The van der Waals surface area contributed by atoms with E-state index >= 15 is 0 Å². The number of nitrogens with zero attached hydrogens (tertiary/aromatic N) is 2. The van der Waals surface area contributed by atoms with Crippen LogP contribution >= 0.6 is 0 Å². The summed E-state index contributed by atoms with van der Waals surface area (Å²) in [5, 5.41) is 7.63. The van der Waals surface area contributed by atoms with Gasteiger partial charge in [-0.25, -0.2) is 12.8 Å². The highest BCUT2D eigenvalue weighted by Gasteiger charge is 2.22. The monoisotopic (exact) mass is 499 g/mol. The molecule has 0 saturated carbocycles. The standard InChI is InChI=1S/C23H22FN5O5S/c1-32-15-3-4-17(24)21(10-15)35(30,31)29-14-2-5-18(26-11-14)13-8-19-22(23(25)28-27-19)20(9-13)34-16-6-7-33-12-16/h2-5,8-11,16,29H,6-7,12H2,1H3,(H3,25,27,28)/t16-/m1/s1. The van der Waals surface area contributed by atoms with Crippen molar-refractivity contribution in [1.82, 2.24) is 15.2 Å². The average Bonchev–Trinajstić information content (AvgIpc) is 3.49. The van der Waals surface area contributed by atoms with Gasteiger partial charge in [0.2, 0.25) is 0 Å². The Kier molecular flexibility index (Phi) is 5.91. The number of aromatic nitrogens is 3. The molecule has 1 fully saturated rings. The Labute approximate surface area is 200 Å². The van der Waals surface area contributed by atoms with Crippen molar-refractivity contribution >= 4 is 32.4 Å². The molecule has 0 radical (unpaired) electrons. The summed E-state index contributed by atoms with van der Waals surface area (Å²) in [5.74, 6) is 0.203. The maximum absolute atomic E-state index is 14.2. The van der Waals surface area contributed by atoms with Gasteiger partial charge >= 0.3 is 0 Å². The summed E-state index contributed by atoms with van der Waals surface area (Å²) in [6, 6.07) is 10.3. The number of halogens is 1. The molecule has 0 spiro atoms. The van der Waals surface area contributed by atoms with Crippen molar-refractivity contribution in [2.75, 3.05) is 30.8 Å². The number of pyridine rings is 1. The number of rotatable bonds is 7. The third kappa shape index (κ3) is 4.57. The zero-order chi connectivity index (χ0) is 24.6. The van der Waals surface area contributed by atoms with Crippen molar-refractivity contribution in [1.29, 1.82) is 0 Å². The van der Waals surface area contributed by atoms with E-state index in [4.69, 9.17) is 19.9 Å². The number of aromatic amines is 1. The van der Waals surface area contributed by atoms with Crippen molar-refractivity contribution in [3.05, 3.63) is 54.5 Å². The van der Waals surface area contributed by atoms with Gasteiger partial charge < -0.3 is 19.9 Å². The van der Waals surface area contributed by atoms with Gasteiger partial charge in [-0.15, -0.1) is 0 Å². The molecule has 35 heavy (non-hydrogen) atoms. The molecule has 4 N–H and O–H groups in total. The number of sulfonamides is 1. The Hall–Kier alpha value is -3.90. The predicted octanol–water partition coefficient (Wildman–Crippen LogP) is 3.32. The van der Waals surface area contributed by atoms with E-state index in [0.717, 1.165) is 18.6 Å². The lowest BCUT2D eigenvalue weighted by atomic mass is 10.1. The van der Waals surface area contributed by atoms with Gasteiger partial charge in [0.05, 0.1) is 48.8 Å². The van der Waals surface area contributed by atoms with Crippen LogP contribution in [0.2, 0.25) is 0 Å². The van der Waals surface area contributed by atoms with E-state index in [2.05, 4.69) is 19.9 Å². The van der Waals surface area contributed by atoms with Crippen LogP contribution in [0.5, 0.6) is 11.5 Å². The van der Waals surface area contributed by atoms with E-state index in [1.165, 1.54) is 25.4 Å². The molecule has 1 aliphatic heterocycles. The van der Waals surface area contributed by atoms with Gasteiger partial charge in [0, 0.05) is 18.1 Å². The average molecular weight is 500 g/mol. The zero-order valence-electron chi connectivity index (χ0n) is 18.6. The largest absolute Gasteiger partial charge is 0.497 e. The second-order valence-electron chi connectivity index (χ2n) is 7.94. The molecule has 12 heteroatoms. The molecular formula is C23H22FN5O5S. The molecule has 2 aromatic carbocycles. The summed E-state index contributed by atoms with van der Waals surface area (Å²) >= 11 is 0. The van der Waals surface area contributed by atoms with Gasteiger partial charge in [-0.3, -0.25) is 14.8 Å². The molecule has 4 aromatic rings. The van der Waals surface area contributed by atoms with Crippen LogP contribution in [0.1, 0.15) is 6.42 Å². The predicted molar refractivity (Wildman–Crippen MR) is 127 cm³/mol. The molecular weight excluding hydrogens is 477 g/mol. The number of nitrogens with two attached hydrogens (primary N) is 1. The third-order valence-electron chi connectivity index (χ3n) is 5.58. The first kappa shape index (κ1) is 22.9. The fourth-order valence-electron chi connectivity index (χ4n) is 3.82. The Balaban J connectivity index is 1.43. The molecule has 5 rings (SSSR count). The second kappa shape index (κ2) is 9.04.